The van der Waals surface area contributed by atoms with E-state index in [0.29, 0.717) is 6.04 Å². The molecule has 0 spiro atoms. The van der Waals surface area contributed by atoms with Crippen molar-refractivity contribution in [1.82, 2.24) is 10.2 Å². The lowest BCUT2D eigenvalue weighted by molar-refractivity contribution is 0.316. The molecule has 1 aromatic carbocycles. The third-order valence-electron chi connectivity index (χ3n) is 4.00. The van der Waals surface area contributed by atoms with E-state index in [9.17, 15) is 0 Å². The predicted octanol–water partition coefficient (Wildman–Crippen LogP) is 4.46. The van der Waals surface area contributed by atoms with Gasteiger partial charge in [-0.3, -0.25) is 0 Å². The maximum absolute atomic E-state index is 3.65. The molecule has 0 aromatic heterocycles. The van der Waals surface area contributed by atoms with Gasteiger partial charge in [0.05, 0.1) is 0 Å². The van der Waals surface area contributed by atoms with Crippen LogP contribution in [0.25, 0.3) is 0 Å². The van der Waals surface area contributed by atoms with Crippen molar-refractivity contribution in [2.45, 2.75) is 65.0 Å². The fourth-order valence-corrected chi connectivity index (χ4v) is 2.65. The Morgan fingerprint density at radius 3 is 2.52 bits per heavy atom. The minimum Gasteiger partial charge on any atom is -0.314 e. The SMILES string of the molecule is CCCCCCC(C)NCCCN(C)Cc1ccccc1. The number of benzene rings is 1. The third kappa shape index (κ3) is 9.65. The van der Waals surface area contributed by atoms with Crippen molar-refractivity contribution in [2.75, 3.05) is 20.1 Å². The standard InChI is InChI=1S/C19H34N2/c1-4-5-6-8-12-18(2)20-15-11-16-21(3)17-19-13-9-7-10-14-19/h7,9-10,13-14,18,20H,4-6,8,11-12,15-17H2,1-3H3. The molecule has 0 amide bonds. The molecule has 0 aliphatic rings. The van der Waals surface area contributed by atoms with Crippen molar-refractivity contribution in [3.63, 3.8) is 0 Å². The molecule has 0 bridgehead atoms. The van der Waals surface area contributed by atoms with Gasteiger partial charge in [0.2, 0.25) is 0 Å². The van der Waals surface area contributed by atoms with E-state index >= 15 is 0 Å². The van der Waals surface area contributed by atoms with E-state index in [1.165, 1.54) is 44.1 Å². The zero-order chi connectivity index (χ0) is 15.3. The molecule has 2 heteroatoms. The first kappa shape index (κ1) is 18.2. The van der Waals surface area contributed by atoms with Crippen LogP contribution in [-0.4, -0.2) is 31.1 Å². The monoisotopic (exact) mass is 290 g/mol. The molecule has 1 aromatic rings. The second-order valence-corrected chi connectivity index (χ2v) is 6.28. The van der Waals surface area contributed by atoms with Crippen LogP contribution >= 0.6 is 0 Å². The van der Waals surface area contributed by atoms with Crippen LogP contribution in [0.1, 0.15) is 57.9 Å². The highest BCUT2D eigenvalue weighted by Gasteiger charge is 2.02. The Hall–Kier alpha value is -0.860. The minimum absolute atomic E-state index is 0.668. The molecule has 0 aliphatic heterocycles. The molecule has 21 heavy (non-hydrogen) atoms. The summed E-state index contributed by atoms with van der Waals surface area (Å²) in [6.45, 7) is 7.93. The van der Waals surface area contributed by atoms with Crippen LogP contribution in [0.2, 0.25) is 0 Å². The van der Waals surface area contributed by atoms with E-state index in [4.69, 9.17) is 0 Å². The lowest BCUT2D eigenvalue weighted by atomic mass is 10.1. The van der Waals surface area contributed by atoms with Gasteiger partial charge in [0, 0.05) is 12.6 Å². The Balaban J connectivity index is 2.00. The molecule has 0 saturated heterocycles. The Kier molecular flexibility index (Phi) is 10.2. The molecule has 0 aliphatic carbocycles. The summed E-state index contributed by atoms with van der Waals surface area (Å²) < 4.78 is 0. The molecule has 1 unspecified atom stereocenters. The van der Waals surface area contributed by atoms with Crippen molar-refractivity contribution in [3.05, 3.63) is 35.9 Å². The zero-order valence-corrected chi connectivity index (χ0v) is 14.3. The van der Waals surface area contributed by atoms with Crippen LogP contribution in [0, 0.1) is 0 Å². The minimum atomic E-state index is 0.668. The van der Waals surface area contributed by atoms with Crippen LogP contribution < -0.4 is 5.32 Å². The van der Waals surface area contributed by atoms with Crippen LogP contribution in [0.4, 0.5) is 0 Å². The van der Waals surface area contributed by atoms with Gasteiger partial charge >= 0.3 is 0 Å². The number of hydrogen-bond donors (Lipinski definition) is 1. The molecule has 0 fully saturated rings. The van der Waals surface area contributed by atoms with Crippen LogP contribution in [0.15, 0.2) is 30.3 Å². The summed E-state index contributed by atoms with van der Waals surface area (Å²) in [4.78, 5) is 2.41. The summed E-state index contributed by atoms with van der Waals surface area (Å²) in [6.07, 6.45) is 8.02. The van der Waals surface area contributed by atoms with Crippen LogP contribution in [0.5, 0.6) is 0 Å². The fraction of sp³-hybridized carbons (Fsp3) is 0.684. The van der Waals surface area contributed by atoms with Gasteiger partial charge < -0.3 is 10.2 Å². The Morgan fingerprint density at radius 1 is 1.05 bits per heavy atom. The topological polar surface area (TPSA) is 15.3 Å². The summed E-state index contributed by atoms with van der Waals surface area (Å²) in [5.41, 5.74) is 1.40. The molecular weight excluding hydrogens is 256 g/mol. The van der Waals surface area contributed by atoms with Gasteiger partial charge in [-0.1, -0.05) is 62.9 Å². The quantitative estimate of drug-likeness (QED) is 0.572. The molecule has 2 nitrogen and oxygen atoms in total. The summed E-state index contributed by atoms with van der Waals surface area (Å²) in [5.74, 6) is 0. The van der Waals surface area contributed by atoms with Crippen molar-refractivity contribution in [2.24, 2.45) is 0 Å². The molecule has 1 N–H and O–H groups in total. The van der Waals surface area contributed by atoms with Crippen molar-refractivity contribution >= 4 is 0 Å². The number of nitrogens with zero attached hydrogens (tertiary/aromatic N) is 1. The fourth-order valence-electron chi connectivity index (χ4n) is 2.65. The smallest absolute Gasteiger partial charge is 0.0230 e. The molecule has 1 atom stereocenters. The number of hydrogen-bond acceptors (Lipinski definition) is 2. The van der Waals surface area contributed by atoms with Gasteiger partial charge in [0.1, 0.15) is 0 Å². The van der Waals surface area contributed by atoms with E-state index in [0.717, 1.165) is 19.6 Å². The van der Waals surface area contributed by atoms with Crippen LogP contribution in [-0.2, 0) is 6.54 Å². The second kappa shape index (κ2) is 11.8. The van der Waals surface area contributed by atoms with E-state index in [1.54, 1.807) is 0 Å². The number of rotatable bonds is 12. The summed E-state index contributed by atoms with van der Waals surface area (Å²) >= 11 is 0. The number of unbranched alkanes of at least 4 members (excludes halogenated alkanes) is 3. The Morgan fingerprint density at radius 2 is 1.81 bits per heavy atom. The van der Waals surface area contributed by atoms with Crippen LogP contribution in [0.3, 0.4) is 0 Å². The van der Waals surface area contributed by atoms with Crippen molar-refractivity contribution in [3.8, 4) is 0 Å². The average Bonchev–Trinajstić information content (AvgIpc) is 2.49. The molecular formula is C19H34N2. The van der Waals surface area contributed by atoms with Gasteiger partial charge in [-0.25, -0.2) is 0 Å². The van der Waals surface area contributed by atoms with Gasteiger partial charge in [0.25, 0.3) is 0 Å². The van der Waals surface area contributed by atoms with Gasteiger partial charge in [0.15, 0.2) is 0 Å². The highest BCUT2D eigenvalue weighted by atomic mass is 15.1. The molecule has 120 valence electrons. The highest BCUT2D eigenvalue weighted by Crippen LogP contribution is 2.05. The molecule has 0 radical (unpaired) electrons. The van der Waals surface area contributed by atoms with Gasteiger partial charge in [-0.2, -0.15) is 0 Å². The molecule has 1 rings (SSSR count). The van der Waals surface area contributed by atoms with E-state index in [-0.39, 0.29) is 0 Å². The lowest BCUT2D eigenvalue weighted by Gasteiger charge is -2.18. The van der Waals surface area contributed by atoms with E-state index < -0.39 is 0 Å². The average molecular weight is 290 g/mol. The van der Waals surface area contributed by atoms with Crippen molar-refractivity contribution in [1.29, 1.82) is 0 Å². The maximum atomic E-state index is 3.65. The largest absolute Gasteiger partial charge is 0.314 e. The summed E-state index contributed by atoms with van der Waals surface area (Å²) in [6, 6.07) is 11.4. The number of nitrogens with one attached hydrogen (secondary N) is 1. The van der Waals surface area contributed by atoms with E-state index in [1.807, 2.05) is 0 Å². The first-order valence-electron chi connectivity index (χ1n) is 8.68. The summed E-state index contributed by atoms with van der Waals surface area (Å²) in [5, 5.41) is 3.65. The first-order chi connectivity index (χ1) is 10.2. The van der Waals surface area contributed by atoms with Gasteiger partial charge in [-0.15, -0.1) is 0 Å². The maximum Gasteiger partial charge on any atom is 0.0230 e. The molecule has 0 saturated carbocycles. The third-order valence-corrected chi connectivity index (χ3v) is 4.00. The molecule has 0 heterocycles. The van der Waals surface area contributed by atoms with Crippen molar-refractivity contribution < 1.29 is 0 Å². The van der Waals surface area contributed by atoms with Gasteiger partial charge in [-0.05, 0) is 45.5 Å². The first-order valence-corrected chi connectivity index (χ1v) is 8.68. The normalized spacial score (nSPS) is 12.8. The highest BCUT2D eigenvalue weighted by molar-refractivity contribution is 5.14. The summed E-state index contributed by atoms with van der Waals surface area (Å²) in [7, 11) is 2.21. The Labute approximate surface area is 131 Å². The second-order valence-electron chi connectivity index (χ2n) is 6.28. The zero-order valence-electron chi connectivity index (χ0n) is 14.3. The predicted molar refractivity (Wildman–Crippen MR) is 93.6 cm³/mol. The van der Waals surface area contributed by atoms with E-state index in [2.05, 4.69) is 61.4 Å². The lowest BCUT2D eigenvalue weighted by Crippen LogP contribution is -2.29. The Bertz CT molecular complexity index is 337.